The van der Waals surface area contributed by atoms with Crippen LogP contribution in [0, 0.1) is 5.41 Å². The lowest BCUT2D eigenvalue weighted by molar-refractivity contribution is -0.145. The molecule has 53 heavy (non-hydrogen) atoms. The average Bonchev–Trinajstić information content (AvgIpc) is 3.74. The molecule has 1 aliphatic heterocycles. The topological polar surface area (TPSA) is 118 Å². The van der Waals surface area contributed by atoms with E-state index in [0.29, 0.717) is 19.3 Å². The van der Waals surface area contributed by atoms with Crippen LogP contribution in [0.15, 0.2) is 91.1 Å². The second-order valence-electron chi connectivity index (χ2n) is 16.4. The molecule has 0 aliphatic carbocycles. The molecule has 0 radical (unpaired) electrons. The number of nitrogens with zero attached hydrogens (tertiary/aromatic N) is 4. The number of hydrogen-bond donors (Lipinski definition) is 2. The Bertz CT molecular complexity index is 1810. The molecule has 5 atom stereocenters. The molecule has 1 aliphatic rings. The fourth-order valence-electron chi connectivity index (χ4n) is 6.86. The van der Waals surface area contributed by atoms with E-state index in [9.17, 15) is 14.4 Å². The van der Waals surface area contributed by atoms with Gasteiger partial charge in [-0.25, -0.2) is 4.68 Å². The first kappa shape index (κ1) is 39.4. The number of likely N-dealkylation sites (tertiary alicyclic amines) is 1. The van der Waals surface area contributed by atoms with Gasteiger partial charge in [-0.05, 0) is 61.8 Å². The average molecular weight is 721 g/mol. The van der Waals surface area contributed by atoms with E-state index >= 15 is 0 Å². The monoisotopic (exact) mass is 720 g/mol. The highest BCUT2D eigenvalue weighted by atomic mass is 16.5. The lowest BCUT2D eigenvalue weighted by Gasteiger charge is -2.35. The maximum absolute atomic E-state index is 14.8. The van der Waals surface area contributed by atoms with Crippen molar-refractivity contribution in [3.8, 4) is 11.1 Å². The molecule has 282 valence electrons. The van der Waals surface area contributed by atoms with Crippen molar-refractivity contribution in [3.05, 3.63) is 108 Å². The Morgan fingerprint density at radius 1 is 0.849 bits per heavy atom. The van der Waals surface area contributed by atoms with Gasteiger partial charge in [-0.2, -0.15) is 0 Å². The fourth-order valence-corrected chi connectivity index (χ4v) is 6.86. The molecule has 0 bridgehead atoms. The minimum Gasteiger partial charge on any atom is -0.371 e. The Balaban J connectivity index is 1.41. The van der Waals surface area contributed by atoms with Crippen LogP contribution in [0.1, 0.15) is 91.1 Å². The van der Waals surface area contributed by atoms with Crippen LogP contribution in [0.25, 0.3) is 11.1 Å². The smallest absolute Gasteiger partial charge is 0.248 e. The van der Waals surface area contributed by atoms with Crippen LogP contribution in [0.2, 0.25) is 0 Å². The number of carbonyl (C=O) groups excluding carboxylic acids is 3. The van der Waals surface area contributed by atoms with Crippen molar-refractivity contribution in [2.24, 2.45) is 5.41 Å². The summed E-state index contributed by atoms with van der Waals surface area (Å²) in [4.78, 5) is 44.5. The van der Waals surface area contributed by atoms with Gasteiger partial charge in [-0.3, -0.25) is 14.4 Å². The Labute approximate surface area is 314 Å². The number of nitrogens with one attached hydrogen (secondary N) is 2. The minimum absolute atomic E-state index is 0.0708. The molecule has 1 aromatic heterocycles. The first-order chi connectivity index (χ1) is 25.1. The first-order valence-electron chi connectivity index (χ1n) is 18.8. The summed E-state index contributed by atoms with van der Waals surface area (Å²) in [7, 11) is 0. The maximum Gasteiger partial charge on any atom is 0.248 e. The third-order valence-electron chi connectivity index (χ3n) is 9.61. The van der Waals surface area contributed by atoms with Crippen LogP contribution >= 0.6 is 0 Å². The van der Waals surface area contributed by atoms with Crippen LogP contribution in [0.3, 0.4) is 0 Å². The molecule has 5 rings (SSSR count). The standard InChI is InChI=1S/C43H56N6O4/c1-9-29(2)44-39(50)36(25-31-20-22-33(23-21-31)32-18-14-11-15-19-32)45-40(51)37-26-35(53-43(6,7)8)28-48(37)41(52)38(42(3,4)5)49-27-34(46-47-49)24-30-16-12-10-13-17-30/h10-23,27,29,35-38H,9,24-26,28H2,1-8H3,(H,44,50)(H,45,51)/t29?,35-,36-,37+,38-/m1/s1. The third kappa shape index (κ3) is 10.6. The van der Waals surface area contributed by atoms with Gasteiger partial charge < -0.3 is 20.3 Å². The van der Waals surface area contributed by atoms with Crippen molar-refractivity contribution in [1.29, 1.82) is 0 Å². The van der Waals surface area contributed by atoms with E-state index in [2.05, 4.69) is 33.1 Å². The Hall–Kier alpha value is -4.83. The molecule has 10 nitrogen and oxygen atoms in total. The Morgan fingerprint density at radius 2 is 1.47 bits per heavy atom. The predicted molar refractivity (Wildman–Crippen MR) is 208 cm³/mol. The highest BCUT2D eigenvalue weighted by Gasteiger charge is 2.47. The molecule has 3 aromatic carbocycles. The molecule has 2 N–H and O–H groups in total. The number of rotatable bonds is 13. The van der Waals surface area contributed by atoms with Gasteiger partial charge in [0, 0.05) is 38.0 Å². The van der Waals surface area contributed by atoms with Crippen LogP contribution in [-0.2, 0) is 32.0 Å². The van der Waals surface area contributed by atoms with Crippen molar-refractivity contribution in [2.45, 2.75) is 117 Å². The van der Waals surface area contributed by atoms with E-state index in [1.807, 2.05) is 134 Å². The second-order valence-corrected chi connectivity index (χ2v) is 16.4. The van der Waals surface area contributed by atoms with Gasteiger partial charge in [0.2, 0.25) is 17.7 Å². The quantitative estimate of drug-likeness (QED) is 0.162. The normalized spacial score (nSPS) is 17.9. The van der Waals surface area contributed by atoms with E-state index in [4.69, 9.17) is 4.74 Å². The van der Waals surface area contributed by atoms with E-state index in [1.54, 1.807) is 9.58 Å². The SMILES string of the molecule is CCC(C)NC(=O)[C@@H](Cc1ccc(-c2ccccc2)cc1)NC(=O)[C@@H]1C[C@@H](OC(C)(C)C)CN1C(=O)[C@@H](n1cc(Cc2ccccc2)nn1)C(C)(C)C. The lowest BCUT2D eigenvalue weighted by atomic mass is 9.85. The molecule has 4 aromatic rings. The van der Waals surface area contributed by atoms with Crippen molar-refractivity contribution in [1.82, 2.24) is 30.5 Å². The van der Waals surface area contributed by atoms with Gasteiger partial charge in [0.05, 0.1) is 17.4 Å². The second kappa shape index (κ2) is 16.9. The predicted octanol–water partition coefficient (Wildman–Crippen LogP) is 6.55. The van der Waals surface area contributed by atoms with Gasteiger partial charge in [-0.15, -0.1) is 5.10 Å². The number of ether oxygens (including phenoxy) is 1. The summed E-state index contributed by atoms with van der Waals surface area (Å²) >= 11 is 0. The number of carbonyl (C=O) groups is 3. The summed E-state index contributed by atoms with van der Waals surface area (Å²) in [6.07, 6.45) is 3.37. The van der Waals surface area contributed by atoms with E-state index in [-0.39, 0.29) is 36.4 Å². The lowest BCUT2D eigenvalue weighted by Crippen LogP contribution is -2.56. The van der Waals surface area contributed by atoms with Gasteiger partial charge >= 0.3 is 0 Å². The summed E-state index contributed by atoms with van der Waals surface area (Å²) in [5.74, 6) is -0.898. The third-order valence-corrected chi connectivity index (χ3v) is 9.61. The molecule has 1 fully saturated rings. The molecular formula is C43H56N6O4. The van der Waals surface area contributed by atoms with E-state index < -0.39 is 29.1 Å². The molecule has 0 spiro atoms. The highest BCUT2D eigenvalue weighted by molar-refractivity contribution is 5.93. The molecule has 1 unspecified atom stereocenters. The summed E-state index contributed by atoms with van der Waals surface area (Å²) in [5, 5.41) is 15.0. The van der Waals surface area contributed by atoms with Crippen LogP contribution in [0.4, 0.5) is 0 Å². The molecule has 0 saturated carbocycles. The molecule has 10 heteroatoms. The van der Waals surface area contributed by atoms with Gasteiger partial charge in [0.1, 0.15) is 18.1 Å². The van der Waals surface area contributed by atoms with Crippen LogP contribution < -0.4 is 10.6 Å². The zero-order valence-corrected chi connectivity index (χ0v) is 32.5. The van der Waals surface area contributed by atoms with E-state index in [1.165, 1.54) is 0 Å². The summed E-state index contributed by atoms with van der Waals surface area (Å²) in [6.45, 7) is 16.0. The summed E-state index contributed by atoms with van der Waals surface area (Å²) < 4.78 is 8.01. The van der Waals surface area contributed by atoms with Crippen molar-refractivity contribution in [2.75, 3.05) is 6.54 Å². The Morgan fingerprint density at radius 3 is 2.08 bits per heavy atom. The van der Waals surface area contributed by atoms with Gasteiger partial charge in [-0.1, -0.05) is 118 Å². The number of aromatic nitrogens is 3. The molecule has 1 saturated heterocycles. The van der Waals surface area contributed by atoms with E-state index in [0.717, 1.165) is 34.4 Å². The number of hydrogen-bond acceptors (Lipinski definition) is 6. The number of amides is 3. The van der Waals surface area contributed by atoms with Crippen molar-refractivity contribution in [3.63, 3.8) is 0 Å². The zero-order chi connectivity index (χ0) is 38.3. The van der Waals surface area contributed by atoms with Crippen molar-refractivity contribution < 1.29 is 19.1 Å². The minimum atomic E-state index is -0.855. The fraction of sp³-hybridized carbons (Fsp3) is 0.465. The van der Waals surface area contributed by atoms with Crippen LogP contribution in [-0.4, -0.2) is 74.0 Å². The van der Waals surface area contributed by atoms with Gasteiger partial charge in [0.25, 0.3) is 0 Å². The molecular weight excluding hydrogens is 665 g/mol. The summed E-state index contributed by atoms with van der Waals surface area (Å²) in [5.41, 5.74) is 3.86. The zero-order valence-electron chi connectivity index (χ0n) is 32.5. The first-order valence-corrected chi connectivity index (χ1v) is 18.8. The maximum atomic E-state index is 14.8. The van der Waals surface area contributed by atoms with Gasteiger partial charge in [0.15, 0.2) is 0 Å². The summed E-state index contributed by atoms with van der Waals surface area (Å²) in [6, 6.07) is 25.6. The molecule has 3 amide bonds. The highest BCUT2D eigenvalue weighted by Crippen LogP contribution is 2.35. The number of benzene rings is 3. The van der Waals surface area contributed by atoms with Crippen molar-refractivity contribution >= 4 is 17.7 Å². The molecule has 2 heterocycles. The largest absolute Gasteiger partial charge is 0.371 e. The Kier molecular flexibility index (Phi) is 12.5. The van der Waals surface area contributed by atoms with Crippen LogP contribution in [0.5, 0.6) is 0 Å².